The molecule has 0 aliphatic carbocycles. The lowest BCUT2D eigenvalue weighted by molar-refractivity contribution is -0.116. The van der Waals surface area contributed by atoms with Crippen molar-refractivity contribution in [3.63, 3.8) is 0 Å². The number of benzene rings is 2. The number of urea groups is 1. The zero-order chi connectivity index (χ0) is 18.5. The molecule has 26 heavy (non-hydrogen) atoms. The molecule has 0 atom stereocenters. The van der Waals surface area contributed by atoms with Gasteiger partial charge in [0.1, 0.15) is 18.1 Å². The van der Waals surface area contributed by atoms with Crippen molar-refractivity contribution >= 4 is 23.3 Å². The lowest BCUT2D eigenvalue weighted by Crippen LogP contribution is -2.37. The Morgan fingerprint density at radius 3 is 2.46 bits per heavy atom. The highest BCUT2D eigenvalue weighted by atomic mass is 19.1. The highest BCUT2D eigenvalue weighted by Gasteiger charge is 2.30. The van der Waals surface area contributed by atoms with Gasteiger partial charge in [0.25, 0.3) is 0 Å². The van der Waals surface area contributed by atoms with Crippen LogP contribution >= 0.6 is 0 Å². The van der Waals surface area contributed by atoms with Crippen LogP contribution in [0.25, 0.3) is 0 Å². The third-order valence-corrected chi connectivity index (χ3v) is 4.02. The molecule has 0 aromatic heterocycles. The fourth-order valence-electron chi connectivity index (χ4n) is 2.76. The molecule has 0 unspecified atom stereocenters. The maximum atomic E-state index is 13.0. The van der Waals surface area contributed by atoms with Crippen LogP contribution in [0.3, 0.4) is 0 Å². The fraction of sp³-hybridized carbons (Fsp3) is 0.263. The van der Waals surface area contributed by atoms with Gasteiger partial charge < -0.3 is 15.0 Å². The monoisotopic (exact) mass is 357 g/mol. The van der Waals surface area contributed by atoms with Crippen molar-refractivity contribution in [3.05, 3.63) is 54.3 Å². The zero-order valence-electron chi connectivity index (χ0n) is 14.4. The summed E-state index contributed by atoms with van der Waals surface area (Å²) in [4.78, 5) is 27.7. The Balaban J connectivity index is 1.56. The Bertz CT molecular complexity index is 778. The van der Waals surface area contributed by atoms with Gasteiger partial charge in [-0.2, -0.15) is 0 Å². The second kappa shape index (κ2) is 7.86. The number of hydrogen-bond acceptors (Lipinski definition) is 3. The minimum absolute atomic E-state index is 0.0380. The van der Waals surface area contributed by atoms with Gasteiger partial charge in [-0.15, -0.1) is 0 Å². The van der Waals surface area contributed by atoms with E-state index in [9.17, 15) is 14.0 Å². The molecule has 0 radical (unpaired) electrons. The summed E-state index contributed by atoms with van der Waals surface area (Å²) in [7, 11) is 0. The van der Waals surface area contributed by atoms with Crippen molar-refractivity contribution in [1.29, 1.82) is 0 Å². The Kier molecular flexibility index (Phi) is 5.36. The molecule has 1 aliphatic rings. The summed E-state index contributed by atoms with van der Waals surface area (Å²) < 4.78 is 18.4. The normalized spacial score (nSPS) is 13.8. The van der Waals surface area contributed by atoms with Crippen LogP contribution in [0.15, 0.2) is 48.5 Å². The minimum Gasteiger partial charge on any atom is -0.494 e. The second-order valence-corrected chi connectivity index (χ2v) is 5.84. The van der Waals surface area contributed by atoms with Crippen LogP contribution in [-0.2, 0) is 4.79 Å². The molecule has 1 heterocycles. The van der Waals surface area contributed by atoms with E-state index in [0.29, 0.717) is 31.1 Å². The molecule has 1 aliphatic heterocycles. The summed E-state index contributed by atoms with van der Waals surface area (Å²) in [5.74, 6) is 0.102. The number of ether oxygens (including phenoxy) is 1. The fourth-order valence-corrected chi connectivity index (χ4v) is 2.76. The summed E-state index contributed by atoms with van der Waals surface area (Å²) in [5.41, 5.74) is 1.26. The summed E-state index contributed by atoms with van der Waals surface area (Å²) in [6.07, 6.45) is 0. The van der Waals surface area contributed by atoms with E-state index in [0.717, 1.165) is 5.75 Å². The number of amides is 3. The molecule has 3 amide bonds. The molecule has 0 saturated carbocycles. The van der Waals surface area contributed by atoms with Gasteiger partial charge in [-0.1, -0.05) is 0 Å². The van der Waals surface area contributed by atoms with E-state index in [1.807, 2.05) is 6.92 Å². The van der Waals surface area contributed by atoms with Crippen LogP contribution in [0.1, 0.15) is 6.92 Å². The van der Waals surface area contributed by atoms with Crippen molar-refractivity contribution in [2.45, 2.75) is 6.92 Å². The van der Waals surface area contributed by atoms with Gasteiger partial charge in [0, 0.05) is 24.5 Å². The minimum atomic E-state index is -0.355. The molecule has 1 N–H and O–H groups in total. The van der Waals surface area contributed by atoms with Gasteiger partial charge >= 0.3 is 6.03 Å². The molecule has 7 heteroatoms. The molecular weight excluding hydrogens is 337 g/mol. The summed E-state index contributed by atoms with van der Waals surface area (Å²) in [6.45, 7) is 3.34. The lowest BCUT2D eigenvalue weighted by Gasteiger charge is -2.18. The van der Waals surface area contributed by atoms with Crippen molar-refractivity contribution in [3.8, 4) is 5.75 Å². The van der Waals surface area contributed by atoms with Gasteiger partial charge in [-0.05, 0) is 55.5 Å². The van der Waals surface area contributed by atoms with Gasteiger partial charge in [-0.3, -0.25) is 9.69 Å². The number of carbonyl (C=O) groups is 2. The average molecular weight is 357 g/mol. The number of carbonyl (C=O) groups excluding carboxylic acids is 2. The molecule has 2 aromatic rings. The standard InChI is InChI=1S/C19H20FN3O3/c1-2-26-17-9-5-15(6-10-17)21-18(24)13-22-11-12-23(19(22)25)16-7-3-14(20)4-8-16/h3-10H,2,11-13H2,1H3,(H,21,24). The van der Waals surface area contributed by atoms with Crippen molar-refractivity contribution in [2.24, 2.45) is 0 Å². The quantitative estimate of drug-likeness (QED) is 0.864. The summed E-state index contributed by atoms with van der Waals surface area (Å²) in [5, 5.41) is 2.76. The number of rotatable bonds is 6. The Morgan fingerprint density at radius 1 is 1.12 bits per heavy atom. The van der Waals surface area contributed by atoms with Gasteiger partial charge in [-0.25, -0.2) is 9.18 Å². The molecule has 3 rings (SSSR count). The van der Waals surface area contributed by atoms with E-state index in [1.165, 1.54) is 21.9 Å². The Labute approximate surface area is 151 Å². The first-order valence-corrected chi connectivity index (χ1v) is 8.41. The van der Waals surface area contributed by atoms with Crippen molar-refractivity contribution < 1.29 is 18.7 Å². The largest absolute Gasteiger partial charge is 0.494 e. The topological polar surface area (TPSA) is 61.9 Å². The van der Waals surface area contributed by atoms with Gasteiger partial charge in [0.15, 0.2) is 0 Å². The highest BCUT2D eigenvalue weighted by molar-refractivity contribution is 5.99. The van der Waals surface area contributed by atoms with Gasteiger partial charge in [0.2, 0.25) is 5.91 Å². The zero-order valence-corrected chi connectivity index (χ0v) is 14.4. The molecule has 0 bridgehead atoms. The van der Waals surface area contributed by atoms with Crippen LogP contribution in [0.5, 0.6) is 5.75 Å². The predicted molar refractivity (Wildman–Crippen MR) is 97.0 cm³/mol. The third-order valence-electron chi connectivity index (χ3n) is 4.02. The van der Waals surface area contributed by atoms with E-state index in [1.54, 1.807) is 36.4 Å². The second-order valence-electron chi connectivity index (χ2n) is 5.84. The summed E-state index contributed by atoms with van der Waals surface area (Å²) >= 11 is 0. The smallest absolute Gasteiger partial charge is 0.325 e. The van der Waals surface area contributed by atoms with E-state index in [4.69, 9.17) is 4.74 Å². The lowest BCUT2D eigenvalue weighted by atomic mass is 10.3. The number of anilines is 2. The van der Waals surface area contributed by atoms with E-state index in [2.05, 4.69) is 5.32 Å². The number of hydrogen-bond donors (Lipinski definition) is 1. The molecule has 1 saturated heterocycles. The SMILES string of the molecule is CCOc1ccc(NC(=O)CN2CCN(c3ccc(F)cc3)C2=O)cc1. The molecule has 2 aromatic carbocycles. The Morgan fingerprint density at radius 2 is 1.81 bits per heavy atom. The molecular formula is C19H20FN3O3. The van der Waals surface area contributed by atoms with E-state index >= 15 is 0 Å². The van der Waals surface area contributed by atoms with Crippen LogP contribution < -0.4 is 15.0 Å². The number of nitrogens with one attached hydrogen (secondary N) is 1. The van der Waals surface area contributed by atoms with E-state index in [-0.39, 0.29) is 24.3 Å². The highest BCUT2D eigenvalue weighted by Crippen LogP contribution is 2.21. The van der Waals surface area contributed by atoms with E-state index < -0.39 is 0 Å². The van der Waals surface area contributed by atoms with Gasteiger partial charge in [0.05, 0.1) is 6.61 Å². The third kappa shape index (κ3) is 4.11. The average Bonchev–Trinajstić information content (AvgIpc) is 2.98. The molecule has 6 nitrogen and oxygen atoms in total. The predicted octanol–water partition coefficient (Wildman–Crippen LogP) is 3.11. The summed E-state index contributed by atoms with van der Waals surface area (Å²) in [6, 6.07) is 12.5. The number of nitrogens with zero attached hydrogens (tertiary/aromatic N) is 2. The number of halogens is 1. The van der Waals surface area contributed by atoms with Crippen molar-refractivity contribution in [1.82, 2.24) is 4.90 Å². The first kappa shape index (κ1) is 17.7. The van der Waals surface area contributed by atoms with Crippen LogP contribution in [0.4, 0.5) is 20.6 Å². The first-order valence-electron chi connectivity index (χ1n) is 8.41. The van der Waals surface area contributed by atoms with Crippen LogP contribution in [0.2, 0.25) is 0 Å². The Hall–Kier alpha value is -3.09. The van der Waals surface area contributed by atoms with Crippen LogP contribution in [0, 0.1) is 5.82 Å². The molecule has 0 spiro atoms. The van der Waals surface area contributed by atoms with Crippen LogP contribution in [-0.4, -0.2) is 43.1 Å². The maximum absolute atomic E-state index is 13.0. The first-order chi connectivity index (χ1) is 12.6. The maximum Gasteiger partial charge on any atom is 0.325 e. The molecule has 136 valence electrons. The molecule has 1 fully saturated rings. The van der Waals surface area contributed by atoms with Crippen molar-refractivity contribution in [2.75, 3.05) is 36.5 Å².